The highest BCUT2D eigenvalue weighted by Crippen LogP contribution is 2.16. The highest BCUT2D eigenvalue weighted by Gasteiger charge is 1.98. The Bertz CT molecular complexity index is 1000. The van der Waals surface area contributed by atoms with E-state index in [1.54, 1.807) is 0 Å². The van der Waals surface area contributed by atoms with Gasteiger partial charge in [-0.15, -0.1) is 0 Å². The molecular weight excluding hydrogens is 392 g/mol. The van der Waals surface area contributed by atoms with E-state index in [2.05, 4.69) is 93.6 Å². The van der Waals surface area contributed by atoms with Crippen molar-refractivity contribution in [1.82, 2.24) is 0 Å². The van der Waals surface area contributed by atoms with Crippen LogP contribution in [0, 0.1) is 0 Å². The fourth-order valence-corrected chi connectivity index (χ4v) is 3.06. The zero-order valence-corrected chi connectivity index (χ0v) is 19.3. The number of rotatable bonds is 7. The molecule has 3 aromatic carbocycles. The zero-order valence-electron chi connectivity index (χ0n) is 19.3. The van der Waals surface area contributed by atoms with Gasteiger partial charge in [0.15, 0.2) is 0 Å². The van der Waals surface area contributed by atoms with E-state index >= 15 is 0 Å². The molecule has 2 heteroatoms. The highest BCUT2D eigenvalue weighted by molar-refractivity contribution is 5.71. The zero-order chi connectivity index (χ0) is 23.2. The molecule has 0 bridgehead atoms. The molecule has 0 atom stereocenters. The van der Waals surface area contributed by atoms with E-state index in [1.165, 1.54) is 52.1 Å². The van der Waals surface area contributed by atoms with Crippen LogP contribution < -0.4 is 0 Å². The van der Waals surface area contributed by atoms with Crippen molar-refractivity contribution in [1.29, 1.82) is 0 Å². The summed E-state index contributed by atoms with van der Waals surface area (Å²) in [5.74, 6) is 0.339. The number of phenols is 2. The summed E-state index contributed by atoms with van der Waals surface area (Å²) in [5.41, 5.74) is 6.79. The number of hydrogen-bond acceptors (Lipinski definition) is 2. The van der Waals surface area contributed by atoms with Gasteiger partial charge >= 0.3 is 0 Å². The van der Waals surface area contributed by atoms with E-state index < -0.39 is 0 Å². The van der Waals surface area contributed by atoms with Crippen molar-refractivity contribution < 1.29 is 10.2 Å². The number of aromatic hydroxyl groups is 2. The molecule has 2 nitrogen and oxygen atoms in total. The molecule has 0 spiro atoms. The van der Waals surface area contributed by atoms with Crippen molar-refractivity contribution in [3.05, 3.63) is 119 Å². The molecule has 2 N–H and O–H groups in total. The maximum absolute atomic E-state index is 8.65. The van der Waals surface area contributed by atoms with Gasteiger partial charge in [-0.25, -0.2) is 0 Å². The Morgan fingerprint density at radius 3 is 1.91 bits per heavy atom. The third kappa shape index (κ3) is 9.99. The second-order valence-corrected chi connectivity index (χ2v) is 8.03. The first kappa shape index (κ1) is 24.7. The van der Waals surface area contributed by atoms with Gasteiger partial charge in [0.1, 0.15) is 11.5 Å². The Morgan fingerprint density at radius 2 is 1.28 bits per heavy atom. The number of benzene rings is 3. The summed E-state index contributed by atoms with van der Waals surface area (Å²) < 4.78 is 0. The van der Waals surface area contributed by atoms with Crippen molar-refractivity contribution in [2.45, 2.75) is 40.0 Å². The van der Waals surface area contributed by atoms with Crippen LogP contribution in [0.3, 0.4) is 0 Å². The normalized spacial score (nSPS) is 11.0. The molecule has 0 saturated carbocycles. The highest BCUT2D eigenvalue weighted by atomic mass is 16.3. The van der Waals surface area contributed by atoms with Crippen molar-refractivity contribution in [2.24, 2.45) is 0 Å². The van der Waals surface area contributed by atoms with E-state index in [4.69, 9.17) is 10.2 Å². The minimum atomic E-state index is 0.169. The molecule has 0 amide bonds. The third-order valence-corrected chi connectivity index (χ3v) is 4.92. The molecule has 0 aliphatic heterocycles. The smallest absolute Gasteiger partial charge is 0.115 e. The first-order valence-electron chi connectivity index (χ1n) is 11.0. The lowest BCUT2D eigenvalue weighted by molar-refractivity contribution is 0.460. The molecule has 0 saturated heterocycles. The Kier molecular flexibility index (Phi) is 10.6. The summed E-state index contributed by atoms with van der Waals surface area (Å²) in [4.78, 5) is 0. The third-order valence-electron chi connectivity index (χ3n) is 4.92. The van der Waals surface area contributed by atoms with E-state index in [0.717, 1.165) is 19.3 Å². The van der Waals surface area contributed by atoms with E-state index in [0.29, 0.717) is 0 Å². The van der Waals surface area contributed by atoms with Crippen LogP contribution in [-0.4, -0.2) is 10.2 Å². The Balaban J connectivity index is 0.000000380. The van der Waals surface area contributed by atoms with Gasteiger partial charge in [0.2, 0.25) is 0 Å². The quantitative estimate of drug-likeness (QED) is 0.227. The van der Waals surface area contributed by atoms with Crippen molar-refractivity contribution in [3.8, 4) is 11.5 Å². The van der Waals surface area contributed by atoms with Gasteiger partial charge in [-0.3, -0.25) is 0 Å². The molecular formula is C30H34O2. The van der Waals surface area contributed by atoms with Crippen LogP contribution in [0.25, 0.3) is 12.2 Å². The average molecular weight is 427 g/mol. The van der Waals surface area contributed by atoms with Crippen LogP contribution in [0.2, 0.25) is 0 Å². The molecule has 0 heterocycles. The maximum atomic E-state index is 8.65. The second kappa shape index (κ2) is 13.7. The van der Waals surface area contributed by atoms with Crippen molar-refractivity contribution in [3.63, 3.8) is 0 Å². The fraction of sp³-hybridized carbons (Fsp3) is 0.200. The van der Waals surface area contributed by atoms with Gasteiger partial charge in [-0.2, -0.15) is 0 Å². The van der Waals surface area contributed by atoms with Crippen molar-refractivity contribution in [2.75, 3.05) is 0 Å². The monoisotopic (exact) mass is 426 g/mol. The van der Waals surface area contributed by atoms with Gasteiger partial charge < -0.3 is 10.2 Å². The summed E-state index contributed by atoms with van der Waals surface area (Å²) in [7, 11) is 0. The van der Waals surface area contributed by atoms with Crippen LogP contribution in [-0.2, 0) is 6.42 Å². The van der Waals surface area contributed by atoms with Crippen LogP contribution in [0.4, 0.5) is 0 Å². The lowest BCUT2D eigenvalue weighted by Gasteiger charge is -2.05. The summed E-state index contributed by atoms with van der Waals surface area (Å²) in [6, 6.07) is 24.8. The average Bonchev–Trinajstić information content (AvgIpc) is 2.79. The van der Waals surface area contributed by atoms with E-state index in [1.807, 2.05) is 6.07 Å². The SMILES string of the molecule is CC(C)=CCC/C(C)=C/Cc1ccccc1/C=C/c1ccccc1.Oc1ccc(O)cc1. The minimum Gasteiger partial charge on any atom is -0.508 e. The van der Waals surface area contributed by atoms with Crippen LogP contribution in [0.5, 0.6) is 11.5 Å². The van der Waals surface area contributed by atoms with Crippen molar-refractivity contribution >= 4 is 12.2 Å². The summed E-state index contributed by atoms with van der Waals surface area (Å²) >= 11 is 0. The molecule has 32 heavy (non-hydrogen) atoms. The largest absolute Gasteiger partial charge is 0.508 e. The van der Waals surface area contributed by atoms with Crippen LogP contribution in [0.15, 0.2) is 102 Å². The Labute approximate surface area is 192 Å². The fourth-order valence-electron chi connectivity index (χ4n) is 3.06. The first-order chi connectivity index (χ1) is 15.4. The topological polar surface area (TPSA) is 40.5 Å². The molecule has 0 aromatic heterocycles. The van der Waals surface area contributed by atoms with E-state index in [9.17, 15) is 0 Å². The Morgan fingerprint density at radius 1 is 0.688 bits per heavy atom. The molecule has 0 fully saturated rings. The summed E-state index contributed by atoms with van der Waals surface area (Å²) in [5, 5.41) is 17.3. The molecule has 0 aliphatic rings. The molecule has 0 radical (unpaired) electrons. The molecule has 3 aromatic rings. The molecule has 3 rings (SSSR count). The van der Waals surface area contributed by atoms with Crippen LogP contribution >= 0.6 is 0 Å². The minimum absolute atomic E-state index is 0.169. The second-order valence-electron chi connectivity index (χ2n) is 8.03. The van der Waals surface area contributed by atoms with E-state index in [-0.39, 0.29) is 11.5 Å². The first-order valence-corrected chi connectivity index (χ1v) is 11.0. The number of phenolic OH excluding ortho intramolecular Hbond substituents is 2. The molecule has 0 unspecified atom stereocenters. The molecule has 0 aliphatic carbocycles. The number of allylic oxidation sites excluding steroid dienone is 4. The summed E-state index contributed by atoms with van der Waals surface area (Å²) in [6.07, 6.45) is 12.4. The van der Waals surface area contributed by atoms with Gasteiger partial charge in [0.05, 0.1) is 0 Å². The summed E-state index contributed by atoms with van der Waals surface area (Å²) in [6.45, 7) is 6.56. The van der Waals surface area contributed by atoms with Crippen LogP contribution in [0.1, 0.15) is 50.3 Å². The Hall–Kier alpha value is -3.52. The predicted octanol–water partition coefficient (Wildman–Crippen LogP) is 8.19. The molecule has 166 valence electrons. The standard InChI is InChI=1S/C24H28.C6H6O2/c1-20(2)10-9-11-21(3)16-18-23-14-7-8-15-24(23)19-17-22-12-5-4-6-13-22;7-5-1-2-6(8)4-3-5/h4-8,10,12-17,19H,9,11,18H2,1-3H3;1-4,7-8H/b19-17+,21-16+;. The lowest BCUT2D eigenvalue weighted by Crippen LogP contribution is -1.88. The van der Waals surface area contributed by atoms with Gasteiger partial charge in [0.25, 0.3) is 0 Å². The predicted molar refractivity (Wildman–Crippen MR) is 138 cm³/mol. The number of hydrogen-bond donors (Lipinski definition) is 2. The lowest BCUT2D eigenvalue weighted by atomic mass is 10.0. The van der Waals surface area contributed by atoms with Gasteiger partial charge in [-0.05, 0) is 81.0 Å². The van der Waals surface area contributed by atoms with Gasteiger partial charge in [-0.1, -0.05) is 90.0 Å². The van der Waals surface area contributed by atoms with Gasteiger partial charge in [0, 0.05) is 0 Å². The maximum Gasteiger partial charge on any atom is 0.115 e.